The monoisotopic (exact) mass is 302 g/mol. The summed E-state index contributed by atoms with van der Waals surface area (Å²) in [7, 11) is 1.79. The van der Waals surface area contributed by atoms with Crippen LogP contribution in [0.1, 0.15) is 10.4 Å². The largest absolute Gasteiger partial charge is 0.290 e. The highest BCUT2D eigenvalue weighted by Gasteiger charge is 2.11. The molecule has 0 N–H and O–H groups in total. The second-order valence-electron chi connectivity index (χ2n) is 4.61. The first-order valence-electron chi connectivity index (χ1n) is 6.29. The van der Waals surface area contributed by atoms with Crippen molar-refractivity contribution in [2.45, 2.75) is 17.8 Å². The average Bonchev–Trinajstić information content (AvgIpc) is 2.83. The number of thiophene rings is 1. The van der Waals surface area contributed by atoms with Crippen LogP contribution in [0.15, 0.2) is 46.3 Å². The molecular weight excluding hydrogens is 288 g/mol. The molecule has 0 saturated carbocycles. The molecule has 0 saturated heterocycles. The second-order valence-corrected chi connectivity index (χ2v) is 6.79. The van der Waals surface area contributed by atoms with E-state index in [4.69, 9.17) is 0 Å². The molecule has 3 nitrogen and oxygen atoms in total. The van der Waals surface area contributed by atoms with Crippen molar-refractivity contribution in [2.75, 3.05) is 0 Å². The molecule has 0 spiro atoms. The van der Waals surface area contributed by atoms with Gasteiger partial charge in [-0.25, -0.2) is 4.98 Å². The Balaban J connectivity index is 1.95. The van der Waals surface area contributed by atoms with Crippen molar-refractivity contribution in [2.24, 2.45) is 7.05 Å². The van der Waals surface area contributed by atoms with Crippen LogP contribution in [-0.2, 0) is 12.8 Å². The number of fused-ring (bicyclic) bond motifs is 1. The lowest BCUT2D eigenvalue weighted by molar-refractivity contribution is 0.728. The maximum absolute atomic E-state index is 12.3. The van der Waals surface area contributed by atoms with Gasteiger partial charge >= 0.3 is 0 Å². The molecule has 20 heavy (non-hydrogen) atoms. The van der Waals surface area contributed by atoms with E-state index in [1.165, 1.54) is 5.56 Å². The number of aryl methyl sites for hydroxylation is 1. The Morgan fingerprint density at radius 1 is 1.30 bits per heavy atom. The number of nitrogens with zero attached hydrogens (tertiary/aromatic N) is 2. The van der Waals surface area contributed by atoms with E-state index < -0.39 is 0 Å². The minimum atomic E-state index is 0.0370. The number of thioether (sulfide) groups is 1. The molecule has 102 valence electrons. The van der Waals surface area contributed by atoms with Gasteiger partial charge in [-0.15, -0.1) is 11.3 Å². The van der Waals surface area contributed by atoms with E-state index in [0.717, 1.165) is 26.0 Å². The third-order valence-electron chi connectivity index (χ3n) is 3.07. The number of benzene rings is 1. The topological polar surface area (TPSA) is 34.9 Å². The van der Waals surface area contributed by atoms with Crippen LogP contribution in [0.5, 0.6) is 0 Å². The van der Waals surface area contributed by atoms with Crippen LogP contribution in [-0.4, -0.2) is 9.55 Å². The molecule has 0 unspecified atom stereocenters. The van der Waals surface area contributed by atoms with Crippen molar-refractivity contribution in [3.63, 3.8) is 0 Å². The first-order chi connectivity index (χ1) is 9.65. The molecule has 0 bridgehead atoms. The van der Waals surface area contributed by atoms with Crippen LogP contribution in [0.2, 0.25) is 0 Å². The van der Waals surface area contributed by atoms with Gasteiger partial charge in [0.25, 0.3) is 5.56 Å². The van der Waals surface area contributed by atoms with E-state index in [2.05, 4.69) is 17.1 Å². The second kappa shape index (κ2) is 5.42. The summed E-state index contributed by atoms with van der Waals surface area (Å²) in [5, 5.41) is 1.49. The summed E-state index contributed by atoms with van der Waals surface area (Å²) in [6.07, 6.45) is 0. The summed E-state index contributed by atoms with van der Waals surface area (Å²) in [6, 6.07) is 12.1. The number of hydrogen-bond donors (Lipinski definition) is 0. The molecule has 0 aliphatic rings. The van der Waals surface area contributed by atoms with E-state index in [9.17, 15) is 4.79 Å². The van der Waals surface area contributed by atoms with Crippen molar-refractivity contribution in [3.05, 3.63) is 57.2 Å². The molecule has 2 heterocycles. The van der Waals surface area contributed by atoms with Gasteiger partial charge in [0.15, 0.2) is 5.16 Å². The zero-order valence-corrected chi connectivity index (χ0v) is 12.9. The van der Waals surface area contributed by atoms with E-state index in [1.54, 1.807) is 34.7 Å². The molecule has 3 aromatic rings. The number of hydrogen-bond acceptors (Lipinski definition) is 4. The Morgan fingerprint density at radius 2 is 2.05 bits per heavy atom. The summed E-state index contributed by atoms with van der Waals surface area (Å²) < 4.78 is 1.64. The van der Waals surface area contributed by atoms with Crippen LogP contribution in [0.4, 0.5) is 0 Å². The Bertz CT molecular complexity index is 806. The summed E-state index contributed by atoms with van der Waals surface area (Å²) >= 11 is 3.17. The smallest absolute Gasteiger partial charge is 0.262 e. The molecule has 0 amide bonds. The summed E-state index contributed by atoms with van der Waals surface area (Å²) in [5.74, 6) is 0.816. The molecular formula is C15H14N2OS2. The normalized spacial score (nSPS) is 11.1. The van der Waals surface area contributed by atoms with Gasteiger partial charge in [-0.05, 0) is 18.6 Å². The van der Waals surface area contributed by atoms with Gasteiger partial charge in [0.1, 0.15) is 4.83 Å². The molecule has 0 atom stereocenters. The van der Waals surface area contributed by atoms with Gasteiger partial charge in [0, 0.05) is 17.7 Å². The molecule has 0 aliphatic carbocycles. The third-order valence-corrected chi connectivity index (χ3v) is 5.11. The average molecular weight is 302 g/mol. The Kier molecular flexibility index (Phi) is 3.63. The van der Waals surface area contributed by atoms with Crippen LogP contribution in [0.25, 0.3) is 10.2 Å². The van der Waals surface area contributed by atoms with E-state index in [0.29, 0.717) is 0 Å². The van der Waals surface area contributed by atoms with Gasteiger partial charge in [-0.1, -0.05) is 42.1 Å². The fourth-order valence-corrected chi connectivity index (χ4v) is 3.87. The molecule has 5 heteroatoms. The SMILES string of the molecule is Cc1cc2c(=O)n(C)c(SCc3ccccc3)nc2s1. The lowest BCUT2D eigenvalue weighted by atomic mass is 10.2. The molecule has 0 fully saturated rings. The lowest BCUT2D eigenvalue weighted by Crippen LogP contribution is -2.19. The predicted molar refractivity (Wildman–Crippen MR) is 85.6 cm³/mol. The first-order valence-corrected chi connectivity index (χ1v) is 8.09. The summed E-state index contributed by atoms with van der Waals surface area (Å²) in [4.78, 5) is 18.9. The van der Waals surface area contributed by atoms with E-state index in [-0.39, 0.29) is 5.56 Å². The van der Waals surface area contributed by atoms with Gasteiger partial charge in [-0.3, -0.25) is 9.36 Å². The third kappa shape index (κ3) is 2.51. The number of rotatable bonds is 3. The molecule has 0 radical (unpaired) electrons. The molecule has 0 aliphatic heterocycles. The van der Waals surface area contributed by atoms with E-state index in [1.807, 2.05) is 31.2 Å². The fraction of sp³-hybridized carbons (Fsp3) is 0.200. The fourth-order valence-electron chi connectivity index (χ4n) is 2.02. The highest BCUT2D eigenvalue weighted by Crippen LogP contribution is 2.25. The van der Waals surface area contributed by atoms with Gasteiger partial charge < -0.3 is 0 Å². The van der Waals surface area contributed by atoms with Crippen molar-refractivity contribution in [1.82, 2.24) is 9.55 Å². The quantitative estimate of drug-likeness (QED) is 0.548. The van der Waals surface area contributed by atoms with Crippen LogP contribution in [0, 0.1) is 6.92 Å². The van der Waals surface area contributed by atoms with Gasteiger partial charge in [-0.2, -0.15) is 0 Å². The maximum Gasteiger partial charge on any atom is 0.262 e. The predicted octanol–water partition coefficient (Wildman–Crippen LogP) is 3.60. The Hall–Kier alpha value is -1.59. The highest BCUT2D eigenvalue weighted by molar-refractivity contribution is 7.98. The first kappa shape index (κ1) is 13.4. The van der Waals surface area contributed by atoms with Crippen molar-refractivity contribution >= 4 is 33.3 Å². The minimum absolute atomic E-state index is 0.0370. The number of aromatic nitrogens is 2. The molecule has 3 rings (SSSR count). The van der Waals surface area contributed by atoms with Crippen LogP contribution in [0.3, 0.4) is 0 Å². The minimum Gasteiger partial charge on any atom is -0.290 e. The zero-order valence-electron chi connectivity index (χ0n) is 11.3. The zero-order chi connectivity index (χ0) is 14.1. The van der Waals surface area contributed by atoms with Crippen molar-refractivity contribution in [3.8, 4) is 0 Å². The summed E-state index contributed by atoms with van der Waals surface area (Å²) in [5.41, 5.74) is 1.27. The Labute approximate surface area is 125 Å². The standard InChI is InChI=1S/C15H14N2OS2/c1-10-8-12-13(20-10)16-15(17(2)14(12)18)19-9-11-6-4-3-5-7-11/h3-8H,9H2,1-2H3. The van der Waals surface area contributed by atoms with Crippen molar-refractivity contribution < 1.29 is 0 Å². The van der Waals surface area contributed by atoms with Gasteiger partial charge in [0.2, 0.25) is 0 Å². The lowest BCUT2D eigenvalue weighted by Gasteiger charge is -2.06. The van der Waals surface area contributed by atoms with Gasteiger partial charge in [0.05, 0.1) is 5.39 Å². The van der Waals surface area contributed by atoms with Crippen molar-refractivity contribution in [1.29, 1.82) is 0 Å². The highest BCUT2D eigenvalue weighted by atomic mass is 32.2. The summed E-state index contributed by atoms with van der Waals surface area (Å²) in [6.45, 7) is 2.00. The maximum atomic E-state index is 12.3. The van der Waals surface area contributed by atoms with Crippen LogP contribution >= 0.6 is 23.1 Å². The molecule has 2 aromatic heterocycles. The van der Waals surface area contributed by atoms with E-state index >= 15 is 0 Å². The Morgan fingerprint density at radius 3 is 2.80 bits per heavy atom. The van der Waals surface area contributed by atoms with Crippen LogP contribution < -0.4 is 5.56 Å². The molecule has 1 aromatic carbocycles.